The molecule has 1 fully saturated rings. The number of ether oxygens (including phenoxy) is 1. The molecule has 0 aliphatic heterocycles. The Balaban J connectivity index is 1.47. The molecule has 1 saturated carbocycles. The van der Waals surface area contributed by atoms with Gasteiger partial charge in [-0.3, -0.25) is 4.79 Å². The summed E-state index contributed by atoms with van der Waals surface area (Å²) in [6.45, 7) is 2.23. The number of carbonyl (C=O) groups is 2. The predicted molar refractivity (Wildman–Crippen MR) is 103 cm³/mol. The number of aromatic nitrogens is 2. The van der Waals surface area contributed by atoms with Crippen LogP contribution in [0.4, 0.5) is 16.2 Å². The zero-order chi connectivity index (χ0) is 19.9. The van der Waals surface area contributed by atoms with Gasteiger partial charge in [-0.1, -0.05) is 17.6 Å². The van der Waals surface area contributed by atoms with Gasteiger partial charge in [0.1, 0.15) is 6.61 Å². The molecule has 3 N–H and O–H groups in total. The minimum Gasteiger partial charge on any atom is -0.375 e. The molecule has 0 spiro atoms. The van der Waals surface area contributed by atoms with Gasteiger partial charge in [-0.15, -0.1) is 0 Å². The lowest BCUT2D eigenvalue weighted by molar-refractivity contribution is -0.119. The summed E-state index contributed by atoms with van der Waals surface area (Å²) in [7, 11) is 1.45. The van der Waals surface area contributed by atoms with Gasteiger partial charge < -0.3 is 25.2 Å². The van der Waals surface area contributed by atoms with Crippen molar-refractivity contribution >= 4 is 23.3 Å². The standard InChI is InChI=1S/C19H25N5O4/c1-12-6-7-14(21-17(25)11-27-2)10-15(12)22-19(26)20-9-8-16-23-18(28-24-16)13-4-3-5-13/h6-7,10,13H,3-5,8-9,11H2,1-2H3,(H,21,25)(H2,20,22,26). The van der Waals surface area contributed by atoms with Gasteiger partial charge in [0, 0.05) is 37.4 Å². The summed E-state index contributed by atoms with van der Waals surface area (Å²) >= 11 is 0. The molecular formula is C19H25N5O4. The third-order valence-electron chi connectivity index (χ3n) is 4.62. The van der Waals surface area contributed by atoms with E-state index in [1.54, 1.807) is 12.1 Å². The smallest absolute Gasteiger partial charge is 0.319 e. The third-order valence-corrected chi connectivity index (χ3v) is 4.62. The minimum absolute atomic E-state index is 0.0321. The summed E-state index contributed by atoms with van der Waals surface area (Å²) in [4.78, 5) is 28.2. The molecule has 2 aromatic rings. The van der Waals surface area contributed by atoms with Crippen molar-refractivity contribution in [2.45, 2.75) is 38.5 Å². The maximum atomic E-state index is 12.2. The Morgan fingerprint density at radius 2 is 2.11 bits per heavy atom. The number of urea groups is 1. The number of hydrogen-bond donors (Lipinski definition) is 3. The van der Waals surface area contributed by atoms with E-state index in [4.69, 9.17) is 9.26 Å². The van der Waals surface area contributed by atoms with Crippen molar-refractivity contribution in [1.29, 1.82) is 0 Å². The fourth-order valence-electron chi connectivity index (χ4n) is 2.81. The molecule has 3 rings (SSSR count). The third kappa shape index (κ3) is 5.29. The van der Waals surface area contributed by atoms with Crippen molar-refractivity contribution in [3.8, 4) is 0 Å². The normalized spacial score (nSPS) is 13.6. The molecule has 0 bridgehead atoms. The minimum atomic E-state index is -0.342. The molecular weight excluding hydrogens is 362 g/mol. The Morgan fingerprint density at radius 1 is 1.29 bits per heavy atom. The fraction of sp³-hybridized carbons (Fsp3) is 0.474. The average Bonchev–Trinajstić information content (AvgIpc) is 3.04. The Morgan fingerprint density at radius 3 is 2.82 bits per heavy atom. The van der Waals surface area contributed by atoms with Crippen LogP contribution in [0, 0.1) is 6.92 Å². The second-order valence-electron chi connectivity index (χ2n) is 6.82. The van der Waals surface area contributed by atoms with Gasteiger partial charge in [0.15, 0.2) is 5.82 Å². The molecule has 1 aromatic carbocycles. The Bertz CT molecular complexity index is 831. The summed E-state index contributed by atoms with van der Waals surface area (Å²) in [6, 6.07) is 4.94. The predicted octanol–water partition coefficient (Wildman–Crippen LogP) is 2.59. The number of aryl methyl sites for hydroxylation is 1. The van der Waals surface area contributed by atoms with Gasteiger partial charge in [-0.05, 0) is 37.5 Å². The van der Waals surface area contributed by atoms with Crippen molar-refractivity contribution in [2.24, 2.45) is 0 Å². The van der Waals surface area contributed by atoms with Crippen molar-refractivity contribution in [3.63, 3.8) is 0 Å². The van der Waals surface area contributed by atoms with E-state index < -0.39 is 0 Å². The van der Waals surface area contributed by atoms with Crippen LogP contribution in [0.25, 0.3) is 0 Å². The molecule has 1 aromatic heterocycles. The molecule has 9 heteroatoms. The number of anilines is 2. The molecule has 0 unspecified atom stereocenters. The van der Waals surface area contributed by atoms with Crippen LogP contribution >= 0.6 is 0 Å². The summed E-state index contributed by atoms with van der Waals surface area (Å²) in [5, 5.41) is 12.2. The Kier molecular flexibility index (Phi) is 6.59. The van der Waals surface area contributed by atoms with Crippen LogP contribution in [0.3, 0.4) is 0 Å². The largest absolute Gasteiger partial charge is 0.375 e. The molecule has 3 amide bonds. The van der Waals surface area contributed by atoms with E-state index in [2.05, 4.69) is 26.1 Å². The number of nitrogens with zero attached hydrogens (tertiary/aromatic N) is 2. The lowest BCUT2D eigenvalue weighted by atomic mass is 9.85. The molecule has 0 saturated heterocycles. The van der Waals surface area contributed by atoms with Crippen molar-refractivity contribution in [3.05, 3.63) is 35.5 Å². The summed E-state index contributed by atoms with van der Waals surface area (Å²) in [5.74, 6) is 1.44. The average molecular weight is 387 g/mol. The Labute approximate surface area is 163 Å². The first-order valence-corrected chi connectivity index (χ1v) is 9.32. The van der Waals surface area contributed by atoms with Crippen LogP contribution in [-0.2, 0) is 16.0 Å². The van der Waals surface area contributed by atoms with Crippen molar-refractivity contribution in [2.75, 3.05) is 30.9 Å². The molecule has 0 radical (unpaired) electrons. The maximum Gasteiger partial charge on any atom is 0.319 e. The van der Waals surface area contributed by atoms with Crippen LogP contribution < -0.4 is 16.0 Å². The lowest BCUT2D eigenvalue weighted by Gasteiger charge is -2.20. The zero-order valence-corrected chi connectivity index (χ0v) is 16.1. The number of hydrogen-bond acceptors (Lipinski definition) is 6. The van der Waals surface area contributed by atoms with Gasteiger partial charge in [0.05, 0.1) is 0 Å². The molecule has 28 heavy (non-hydrogen) atoms. The quantitative estimate of drug-likeness (QED) is 0.641. The highest BCUT2D eigenvalue weighted by Gasteiger charge is 2.25. The number of methoxy groups -OCH3 is 1. The van der Waals surface area contributed by atoms with Gasteiger partial charge in [0.25, 0.3) is 0 Å². The van der Waals surface area contributed by atoms with Gasteiger partial charge in [-0.2, -0.15) is 4.98 Å². The van der Waals surface area contributed by atoms with Gasteiger partial charge >= 0.3 is 6.03 Å². The molecule has 9 nitrogen and oxygen atoms in total. The van der Waals surface area contributed by atoms with Crippen molar-refractivity contribution < 1.29 is 18.8 Å². The second-order valence-corrected chi connectivity index (χ2v) is 6.82. The van der Waals surface area contributed by atoms with Crippen LogP contribution in [-0.4, -0.2) is 42.3 Å². The summed E-state index contributed by atoms with van der Waals surface area (Å²) in [6.07, 6.45) is 3.91. The number of nitrogens with one attached hydrogen (secondary N) is 3. The van der Waals surface area contributed by atoms with E-state index in [-0.39, 0.29) is 18.5 Å². The van der Waals surface area contributed by atoms with Gasteiger partial charge in [0.2, 0.25) is 11.8 Å². The number of amides is 3. The second kappa shape index (κ2) is 9.32. The highest BCUT2D eigenvalue weighted by molar-refractivity contribution is 5.94. The number of carbonyl (C=O) groups excluding carboxylic acids is 2. The van der Waals surface area contributed by atoms with Crippen LogP contribution in [0.1, 0.15) is 42.5 Å². The maximum absolute atomic E-state index is 12.2. The molecule has 1 heterocycles. The van der Waals surface area contributed by atoms with E-state index in [0.717, 1.165) is 18.4 Å². The summed E-state index contributed by atoms with van der Waals surface area (Å²) < 4.78 is 10.1. The SMILES string of the molecule is COCC(=O)Nc1ccc(C)c(NC(=O)NCCc2noc(C3CCC3)n2)c1. The van der Waals surface area contributed by atoms with E-state index in [1.165, 1.54) is 13.5 Å². The summed E-state index contributed by atoms with van der Waals surface area (Å²) in [5.41, 5.74) is 2.07. The first-order valence-electron chi connectivity index (χ1n) is 9.32. The molecule has 1 aliphatic carbocycles. The van der Waals surface area contributed by atoms with Crippen LogP contribution in [0.15, 0.2) is 22.7 Å². The zero-order valence-electron chi connectivity index (χ0n) is 16.1. The van der Waals surface area contributed by atoms with Crippen molar-refractivity contribution in [1.82, 2.24) is 15.5 Å². The fourth-order valence-corrected chi connectivity index (χ4v) is 2.81. The number of benzene rings is 1. The highest BCUT2D eigenvalue weighted by Crippen LogP contribution is 2.35. The first-order chi connectivity index (χ1) is 13.5. The lowest BCUT2D eigenvalue weighted by Crippen LogP contribution is -2.31. The van der Waals surface area contributed by atoms with E-state index in [9.17, 15) is 9.59 Å². The molecule has 1 aliphatic rings. The topological polar surface area (TPSA) is 118 Å². The number of rotatable bonds is 8. The van der Waals surface area contributed by atoms with E-state index >= 15 is 0 Å². The van der Waals surface area contributed by atoms with Gasteiger partial charge in [-0.25, -0.2) is 4.79 Å². The molecule has 150 valence electrons. The first kappa shape index (κ1) is 19.8. The molecule has 0 atom stereocenters. The Hall–Kier alpha value is -2.94. The monoisotopic (exact) mass is 387 g/mol. The van der Waals surface area contributed by atoms with Crippen LogP contribution in [0.5, 0.6) is 0 Å². The van der Waals surface area contributed by atoms with E-state index in [0.29, 0.717) is 42.0 Å². The van der Waals surface area contributed by atoms with Crippen LogP contribution in [0.2, 0.25) is 0 Å². The highest BCUT2D eigenvalue weighted by atomic mass is 16.5. The van der Waals surface area contributed by atoms with E-state index in [1.807, 2.05) is 13.0 Å².